The minimum Gasteiger partial charge on any atom is -0.484 e. The first-order valence-electron chi connectivity index (χ1n) is 6.52. The maximum Gasteiger partial charge on any atom is 0.260 e. The molecular weight excluding hydrogens is 296 g/mol. The van der Waals surface area contributed by atoms with E-state index >= 15 is 0 Å². The highest BCUT2D eigenvalue weighted by Crippen LogP contribution is 2.27. The van der Waals surface area contributed by atoms with Crippen LogP contribution in [0.3, 0.4) is 0 Å². The molecule has 6 heteroatoms. The first-order valence-corrected chi connectivity index (χ1v) is 7.31. The summed E-state index contributed by atoms with van der Waals surface area (Å²) in [5, 5.41) is 0.586. The number of halogens is 1. The van der Waals surface area contributed by atoms with Gasteiger partial charge in [0, 0.05) is 24.0 Å². The Labute approximate surface area is 128 Å². The van der Waals surface area contributed by atoms with Gasteiger partial charge >= 0.3 is 0 Å². The standard InChI is InChI=1S/C14H17ClN2O2S/c15-10-2-1-3-12(8-10)19-9-14(18)17(11-4-5-11)7-6-13(16)20/h1-3,8,11H,4-7,9H2,(H2,16,20). The van der Waals surface area contributed by atoms with Crippen LogP contribution in [0.4, 0.5) is 0 Å². The average molecular weight is 313 g/mol. The van der Waals surface area contributed by atoms with Gasteiger partial charge in [0.15, 0.2) is 6.61 Å². The van der Waals surface area contributed by atoms with Gasteiger partial charge in [0.05, 0.1) is 4.99 Å². The summed E-state index contributed by atoms with van der Waals surface area (Å²) in [6.07, 6.45) is 2.63. The highest BCUT2D eigenvalue weighted by molar-refractivity contribution is 7.80. The van der Waals surface area contributed by atoms with E-state index in [1.165, 1.54) is 0 Å². The van der Waals surface area contributed by atoms with E-state index in [1.807, 2.05) is 4.90 Å². The molecule has 4 nitrogen and oxygen atoms in total. The third-order valence-corrected chi connectivity index (χ3v) is 3.50. The van der Waals surface area contributed by atoms with E-state index < -0.39 is 0 Å². The van der Waals surface area contributed by atoms with E-state index in [-0.39, 0.29) is 12.5 Å². The fourth-order valence-electron chi connectivity index (χ4n) is 1.91. The number of nitrogens with zero attached hydrogens (tertiary/aromatic N) is 1. The van der Waals surface area contributed by atoms with Crippen LogP contribution in [0.15, 0.2) is 24.3 Å². The van der Waals surface area contributed by atoms with Crippen LogP contribution in [-0.2, 0) is 4.79 Å². The first kappa shape index (κ1) is 15.1. The van der Waals surface area contributed by atoms with Crippen LogP contribution in [0.1, 0.15) is 19.3 Å². The van der Waals surface area contributed by atoms with E-state index in [0.717, 1.165) is 12.8 Å². The Morgan fingerprint density at radius 3 is 2.85 bits per heavy atom. The Bertz CT molecular complexity index is 506. The summed E-state index contributed by atoms with van der Waals surface area (Å²) >= 11 is 10.7. The SMILES string of the molecule is NC(=S)CCN(C(=O)COc1cccc(Cl)c1)C1CC1. The summed E-state index contributed by atoms with van der Waals surface area (Å²) in [6, 6.07) is 7.32. The fourth-order valence-corrected chi connectivity index (χ4v) is 2.18. The monoisotopic (exact) mass is 312 g/mol. The zero-order chi connectivity index (χ0) is 14.5. The molecule has 0 bridgehead atoms. The van der Waals surface area contributed by atoms with Crippen molar-refractivity contribution in [2.75, 3.05) is 13.2 Å². The summed E-state index contributed by atoms with van der Waals surface area (Å²) < 4.78 is 5.47. The Hall–Kier alpha value is -1.33. The molecule has 1 aliphatic carbocycles. The van der Waals surface area contributed by atoms with Gasteiger partial charge < -0.3 is 15.4 Å². The molecule has 0 heterocycles. The predicted molar refractivity (Wildman–Crippen MR) is 83.1 cm³/mol. The third kappa shape index (κ3) is 4.65. The van der Waals surface area contributed by atoms with Gasteiger partial charge in [-0.1, -0.05) is 29.9 Å². The summed E-state index contributed by atoms with van der Waals surface area (Å²) in [5.74, 6) is 0.555. The number of hydrogen-bond donors (Lipinski definition) is 1. The van der Waals surface area contributed by atoms with Gasteiger partial charge in [0.25, 0.3) is 5.91 Å². The number of hydrogen-bond acceptors (Lipinski definition) is 3. The van der Waals surface area contributed by atoms with E-state index in [4.69, 9.17) is 34.3 Å². The number of benzene rings is 1. The number of nitrogens with two attached hydrogens (primary N) is 1. The van der Waals surface area contributed by atoms with E-state index in [0.29, 0.717) is 34.8 Å². The molecule has 0 spiro atoms. The molecule has 20 heavy (non-hydrogen) atoms. The van der Waals surface area contributed by atoms with Crippen molar-refractivity contribution in [1.29, 1.82) is 0 Å². The number of amides is 1. The van der Waals surface area contributed by atoms with E-state index in [1.54, 1.807) is 24.3 Å². The minimum atomic E-state index is -0.0382. The van der Waals surface area contributed by atoms with Crippen molar-refractivity contribution in [3.8, 4) is 5.75 Å². The zero-order valence-corrected chi connectivity index (χ0v) is 12.6. The second kappa shape index (κ2) is 6.90. The molecule has 0 atom stereocenters. The second-order valence-electron chi connectivity index (χ2n) is 4.78. The highest BCUT2D eigenvalue weighted by atomic mass is 35.5. The van der Waals surface area contributed by atoms with Crippen molar-refractivity contribution in [3.63, 3.8) is 0 Å². The van der Waals surface area contributed by atoms with Gasteiger partial charge in [0.2, 0.25) is 0 Å². The maximum absolute atomic E-state index is 12.2. The molecule has 1 saturated carbocycles. The summed E-state index contributed by atoms with van der Waals surface area (Å²) in [4.78, 5) is 14.4. The first-order chi connectivity index (χ1) is 9.56. The Morgan fingerprint density at radius 1 is 1.50 bits per heavy atom. The van der Waals surface area contributed by atoms with Crippen molar-refractivity contribution in [1.82, 2.24) is 4.90 Å². The molecule has 1 aliphatic rings. The van der Waals surface area contributed by atoms with Crippen LogP contribution in [-0.4, -0.2) is 35.0 Å². The average Bonchev–Trinajstić information content (AvgIpc) is 3.21. The predicted octanol–water partition coefficient (Wildman–Crippen LogP) is 2.39. The van der Waals surface area contributed by atoms with Gasteiger partial charge in [-0.05, 0) is 31.0 Å². The molecule has 1 amide bonds. The van der Waals surface area contributed by atoms with Crippen LogP contribution in [0.5, 0.6) is 5.75 Å². The number of thiocarbonyl (C=S) groups is 1. The van der Waals surface area contributed by atoms with E-state index in [2.05, 4.69) is 0 Å². The molecule has 0 unspecified atom stereocenters. The number of ether oxygens (including phenoxy) is 1. The Balaban J connectivity index is 1.86. The lowest BCUT2D eigenvalue weighted by atomic mass is 10.3. The van der Waals surface area contributed by atoms with Gasteiger partial charge in [-0.3, -0.25) is 4.79 Å². The van der Waals surface area contributed by atoms with Crippen molar-refractivity contribution in [3.05, 3.63) is 29.3 Å². The van der Waals surface area contributed by atoms with Gasteiger partial charge in [-0.25, -0.2) is 0 Å². The molecule has 108 valence electrons. The number of carbonyl (C=O) groups is 1. The van der Waals surface area contributed by atoms with Gasteiger partial charge in [-0.2, -0.15) is 0 Å². The topological polar surface area (TPSA) is 55.6 Å². The van der Waals surface area contributed by atoms with Crippen LogP contribution in [0.2, 0.25) is 5.02 Å². The van der Waals surface area contributed by atoms with E-state index in [9.17, 15) is 4.79 Å². The van der Waals surface area contributed by atoms with Gasteiger partial charge in [0.1, 0.15) is 5.75 Å². The second-order valence-corrected chi connectivity index (χ2v) is 5.74. The number of rotatable bonds is 7. The van der Waals surface area contributed by atoms with Crippen LogP contribution < -0.4 is 10.5 Å². The molecule has 1 aromatic carbocycles. The number of carbonyl (C=O) groups excluding carboxylic acids is 1. The molecule has 0 aliphatic heterocycles. The molecule has 2 rings (SSSR count). The van der Waals surface area contributed by atoms with Crippen molar-refractivity contribution in [2.45, 2.75) is 25.3 Å². The normalized spacial score (nSPS) is 13.8. The molecule has 1 aromatic rings. The van der Waals surface area contributed by atoms with Gasteiger partial charge in [-0.15, -0.1) is 0 Å². The smallest absolute Gasteiger partial charge is 0.260 e. The molecule has 0 radical (unpaired) electrons. The highest BCUT2D eigenvalue weighted by Gasteiger charge is 2.32. The molecule has 1 fully saturated rings. The van der Waals surface area contributed by atoms with Crippen molar-refractivity contribution >= 4 is 34.7 Å². The Morgan fingerprint density at radius 2 is 2.25 bits per heavy atom. The summed E-state index contributed by atoms with van der Waals surface area (Å²) in [7, 11) is 0. The minimum absolute atomic E-state index is 0.00811. The lowest BCUT2D eigenvalue weighted by molar-refractivity contribution is -0.133. The molecule has 0 saturated heterocycles. The fraction of sp³-hybridized carbons (Fsp3) is 0.429. The quantitative estimate of drug-likeness (QED) is 0.785. The van der Waals surface area contributed by atoms with Crippen LogP contribution >= 0.6 is 23.8 Å². The maximum atomic E-state index is 12.2. The lowest BCUT2D eigenvalue weighted by Gasteiger charge is -2.22. The molecular formula is C14H17ClN2O2S. The zero-order valence-electron chi connectivity index (χ0n) is 11.0. The third-order valence-electron chi connectivity index (χ3n) is 3.07. The van der Waals surface area contributed by atoms with Crippen molar-refractivity contribution < 1.29 is 9.53 Å². The Kier molecular flexibility index (Phi) is 5.20. The molecule has 0 aromatic heterocycles. The van der Waals surface area contributed by atoms with Crippen molar-refractivity contribution in [2.24, 2.45) is 5.73 Å². The largest absolute Gasteiger partial charge is 0.484 e. The van der Waals surface area contributed by atoms with Crippen LogP contribution in [0.25, 0.3) is 0 Å². The molecule has 2 N–H and O–H groups in total. The summed E-state index contributed by atoms with van der Waals surface area (Å²) in [6.45, 7) is 0.575. The summed E-state index contributed by atoms with van der Waals surface area (Å²) in [5.41, 5.74) is 5.49. The lowest BCUT2D eigenvalue weighted by Crippen LogP contribution is -2.38. The van der Waals surface area contributed by atoms with Crippen LogP contribution in [0, 0.1) is 0 Å².